The molecule has 0 N–H and O–H groups in total. The van der Waals surface area contributed by atoms with E-state index in [-0.39, 0.29) is 7.25 Å². The Bertz CT molecular complexity index is 1070. The van der Waals surface area contributed by atoms with Crippen molar-refractivity contribution in [1.29, 1.82) is 0 Å². The van der Waals surface area contributed by atoms with Gasteiger partial charge in [-0.1, -0.05) is 0 Å². The molecular formula is C24H27Br2Cl2SiZr. The van der Waals surface area contributed by atoms with Crippen molar-refractivity contribution < 1.29 is 15.6 Å². The number of allylic oxidation sites excluding steroid dienone is 2. The van der Waals surface area contributed by atoms with Gasteiger partial charge in [-0.3, -0.25) is 0 Å². The predicted octanol–water partition coefficient (Wildman–Crippen LogP) is 9.43. The summed E-state index contributed by atoms with van der Waals surface area (Å²) in [5, 5.41) is 0. The molecule has 0 nitrogen and oxygen atoms in total. The van der Waals surface area contributed by atoms with Crippen LogP contribution >= 0.6 is 48.9 Å². The van der Waals surface area contributed by atoms with Crippen LogP contribution in [-0.4, -0.2) is 5.92 Å². The Labute approximate surface area is 206 Å². The van der Waals surface area contributed by atoms with Gasteiger partial charge in [0.15, 0.2) is 0 Å². The van der Waals surface area contributed by atoms with Crippen LogP contribution in [0.1, 0.15) is 54.5 Å². The molecule has 0 heterocycles. The van der Waals surface area contributed by atoms with E-state index in [1.165, 1.54) is 53.5 Å². The maximum atomic E-state index is 8.10. The molecule has 0 saturated heterocycles. The molecule has 2 aliphatic rings. The topological polar surface area (TPSA) is 0 Å². The van der Waals surface area contributed by atoms with E-state index < -0.39 is 21.5 Å². The summed E-state index contributed by atoms with van der Waals surface area (Å²) in [6.07, 6.45) is 4.65. The number of fused-ring (bicyclic) bond motifs is 2. The molecule has 2 aliphatic carbocycles. The third-order valence-corrected chi connectivity index (χ3v) is 61.7. The first kappa shape index (κ1) is 23.7. The molecule has 0 fully saturated rings. The van der Waals surface area contributed by atoms with Crippen LogP contribution in [0.3, 0.4) is 0 Å². The number of benzene rings is 2. The van der Waals surface area contributed by atoms with E-state index in [0.29, 0.717) is 0 Å². The quantitative estimate of drug-likeness (QED) is 0.287. The van der Waals surface area contributed by atoms with Crippen molar-refractivity contribution in [2.24, 2.45) is 0 Å². The molecule has 2 unspecified atom stereocenters. The molecule has 0 aromatic heterocycles. The Morgan fingerprint density at radius 3 is 1.43 bits per heavy atom. The number of rotatable bonds is 3. The minimum atomic E-state index is -4.46. The van der Waals surface area contributed by atoms with Crippen LogP contribution in [0.25, 0.3) is 12.2 Å². The van der Waals surface area contributed by atoms with Crippen LogP contribution in [0.4, 0.5) is 0 Å². The molecule has 2 aromatic carbocycles. The maximum absolute atomic E-state index is 8.10. The van der Waals surface area contributed by atoms with Gasteiger partial charge in [0.25, 0.3) is 0 Å². The molecule has 0 spiro atoms. The Morgan fingerprint density at radius 2 is 1.10 bits per heavy atom. The van der Waals surface area contributed by atoms with Gasteiger partial charge >= 0.3 is 208 Å². The fourth-order valence-corrected chi connectivity index (χ4v) is 39.5. The zero-order valence-corrected chi connectivity index (χ0v) is 26.5. The molecule has 4 rings (SSSR count). The van der Waals surface area contributed by atoms with Gasteiger partial charge in [0.2, 0.25) is 0 Å². The number of halogens is 4. The second kappa shape index (κ2) is 7.81. The summed E-state index contributed by atoms with van der Waals surface area (Å²) < 4.78 is 2.67. The van der Waals surface area contributed by atoms with Crippen molar-refractivity contribution in [3.8, 4) is 0 Å². The zero-order chi connectivity index (χ0) is 22.2. The van der Waals surface area contributed by atoms with Gasteiger partial charge in [-0.05, 0) is 0 Å². The zero-order valence-electron chi connectivity index (χ0n) is 18.2. The van der Waals surface area contributed by atoms with E-state index in [4.69, 9.17) is 17.0 Å². The van der Waals surface area contributed by atoms with Gasteiger partial charge in [0, 0.05) is 0 Å². The summed E-state index contributed by atoms with van der Waals surface area (Å²) in [6, 6.07) is 8.97. The molecule has 0 aliphatic heterocycles. The summed E-state index contributed by atoms with van der Waals surface area (Å²) in [5.41, 5.74) is 10.4. The standard InChI is InChI=1S/2C11H10Br.C2H7Si.2ClH.Zr/c2*1-7-5-9-4-3-8(2)11(12)10(9)6-7;1-3-2;;;/h2*3-6H,1-2H3;3H,1-2H3;2*1H;/q;;;;;+2/p-2. The summed E-state index contributed by atoms with van der Waals surface area (Å²) in [6.45, 7) is 13.5. The molecule has 0 radical (unpaired) electrons. The SMILES string of the molecule is CC1=Cc2c(ccc(C)c2Br)[CH]1[Zr]([Cl])([Cl])([CH]1C(C)=Cc2c1ccc(C)c2Br)[SiH](C)C. The first-order valence-electron chi connectivity index (χ1n) is 10.4. The van der Waals surface area contributed by atoms with Crippen LogP contribution < -0.4 is 0 Å². The fourth-order valence-electron chi connectivity index (χ4n) is 5.64. The normalized spacial score (nSPS) is 21.8. The number of hydrogen-bond acceptors (Lipinski definition) is 0. The van der Waals surface area contributed by atoms with Crippen LogP contribution in [0.15, 0.2) is 44.4 Å². The van der Waals surface area contributed by atoms with E-state index in [1.807, 2.05) is 0 Å². The van der Waals surface area contributed by atoms with Crippen LogP contribution in [0.2, 0.25) is 13.1 Å². The van der Waals surface area contributed by atoms with Gasteiger partial charge in [-0.25, -0.2) is 0 Å². The molecule has 0 bridgehead atoms. The Morgan fingerprint density at radius 1 is 0.733 bits per heavy atom. The van der Waals surface area contributed by atoms with Gasteiger partial charge < -0.3 is 0 Å². The summed E-state index contributed by atoms with van der Waals surface area (Å²) in [7, 11) is 16.2. The molecule has 6 heteroatoms. The first-order chi connectivity index (χ1) is 13.9. The number of aryl methyl sites for hydroxylation is 2. The monoisotopic (exact) mass is 661 g/mol. The first-order valence-corrected chi connectivity index (χ1v) is 28.3. The Hall–Kier alpha value is 0.560. The van der Waals surface area contributed by atoms with Crippen molar-refractivity contribution in [2.75, 3.05) is 0 Å². The Kier molecular flexibility index (Phi) is 6.17. The van der Waals surface area contributed by atoms with Gasteiger partial charge in [-0.2, -0.15) is 0 Å². The van der Waals surface area contributed by atoms with E-state index in [1.54, 1.807) is 0 Å². The molecule has 0 amide bonds. The van der Waals surface area contributed by atoms with Crippen LogP contribution in [0, 0.1) is 13.8 Å². The van der Waals surface area contributed by atoms with E-state index >= 15 is 0 Å². The minimum absolute atomic E-state index is 0.160. The molecule has 2 atom stereocenters. The van der Waals surface area contributed by atoms with Crippen molar-refractivity contribution in [1.82, 2.24) is 0 Å². The van der Waals surface area contributed by atoms with E-state index in [0.717, 1.165) is 0 Å². The summed E-state index contributed by atoms with van der Waals surface area (Å²) in [4.78, 5) is 0. The summed E-state index contributed by atoms with van der Waals surface area (Å²) >= 11 is 3.21. The van der Waals surface area contributed by atoms with Gasteiger partial charge in [0.05, 0.1) is 0 Å². The summed E-state index contributed by atoms with van der Waals surface area (Å²) in [5.74, 6) is -1.44. The molecular weight excluding hydrogens is 638 g/mol. The van der Waals surface area contributed by atoms with Crippen molar-refractivity contribution >= 4 is 67.0 Å². The third-order valence-electron chi connectivity index (χ3n) is 7.30. The third kappa shape index (κ3) is 3.18. The molecule has 0 saturated carbocycles. The van der Waals surface area contributed by atoms with Crippen molar-refractivity contribution in [3.63, 3.8) is 0 Å². The molecule has 2 aromatic rings. The molecule has 159 valence electrons. The second-order valence-corrected chi connectivity index (χ2v) is 53.5. The van der Waals surface area contributed by atoms with Crippen molar-refractivity contribution in [2.45, 2.75) is 48.0 Å². The van der Waals surface area contributed by atoms with Crippen molar-refractivity contribution in [3.05, 3.63) is 77.7 Å². The Balaban J connectivity index is 2.01. The van der Waals surface area contributed by atoms with E-state index in [2.05, 4.69) is 109 Å². The molecule has 30 heavy (non-hydrogen) atoms. The van der Waals surface area contributed by atoms with Crippen LogP contribution in [0.5, 0.6) is 0 Å². The van der Waals surface area contributed by atoms with Gasteiger partial charge in [-0.15, -0.1) is 0 Å². The van der Waals surface area contributed by atoms with Gasteiger partial charge in [0.1, 0.15) is 0 Å². The fraction of sp³-hybridized carbons (Fsp3) is 0.333. The number of hydrogen-bond donors (Lipinski definition) is 0. The average Bonchev–Trinajstić information content (AvgIpc) is 3.19. The average molecular weight is 666 g/mol. The van der Waals surface area contributed by atoms with Crippen LogP contribution in [-0.2, 0) is 15.6 Å². The predicted molar refractivity (Wildman–Crippen MR) is 141 cm³/mol. The second-order valence-electron chi connectivity index (χ2n) is 9.42. The van der Waals surface area contributed by atoms with E-state index in [9.17, 15) is 0 Å².